The van der Waals surface area contributed by atoms with Crippen molar-refractivity contribution in [3.63, 3.8) is 0 Å². The standard InChI is InChI=1S/C37H24N4/c1-3-13-26(14-4-1)35-38-36(27-15-5-2-6-16-27)40-37(39-35)28-17-11-18-29(24-28)41-32-21-10-9-20-31(32)34-30-19-8-7-12-25(30)22-23-33(34)41/h1-24H. The van der Waals surface area contributed by atoms with Crippen molar-refractivity contribution in [2.45, 2.75) is 0 Å². The fraction of sp³-hybridized carbons (Fsp3) is 0. The molecule has 192 valence electrons. The number of fused-ring (bicyclic) bond motifs is 5. The zero-order valence-electron chi connectivity index (χ0n) is 22.1. The van der Waals surface area contributed by atoms with Crippen molar-refractivity contribution < 1.29 is 0 Å². The van der Waals surface area contributed by atoms with Crippen molar-refractivity contribution in [2.24, 2.45) is 0 Å². The van der Waals surface area contributed by atoms with Crippen molar-refractivity contribution in [3.05, 3.63) is 146 Å². The minimum Gasteiger partial charge on any atom is -0.309 e. The van der Waals surface area contributed by atoms with Gasteiger partial charge in [-0.1, -0.05) is 121 Å². The highest BCUT2D eigenvalue weighted by Crippen LogP contribution is 2.37. The van der Waals surface area contributed by atoms with Crippen LogP contribution in [0.5, 0.6) is 0 Å². The van der Waals surface area contributed by atoms with Gasteiger partial charge in [-0.05, 0) is 35.0 Å². The third kappa shape index (κ3) is 3.97. The molecule has 2 heterocycles. The number of aromatic nitrogens is 4. The Balaban J connectivity index is 1.35. The summed E-state index contributed by atoms with van der Waals surface area (Å²) >= 11 is 0. The lowest BCUT2D eigenvalue weighted by Crippen LogP contribution is -2.01. The Kier molecular flexibility index (Phi) is 5.42. The van der Waals surface area contributed by atoms with E-state index >= 15 is 0 Å². The molecule has 0 unspecified atom stereocenters. The summed E-state index contributed by atoms with van der Waals surface area (Å²) < 4.78 is 2.35. The molecule has 0 atom stereocenters. The van der Waals surface area contributed by atoms with E-state index < -0.39 is 0 Å². The van der Waals surface area contributed by atoms with Crippen molar-refractivity contribution in [1.82, 2.24) is 19.5 Å². The van der Waals surface area contributed by atoms with Gasteiger partial charge >= 0.3 is 0 Å². The minimum atomic E-state index is 0.644. The van der Waals surface area contributed by atoms with E-state index in [1.807, 2.05) is 60.7 Å². The fourth-order valence-corrected chi connectivity index (χ4v) is 5.74. The zero-order chi connectivity index (χ0) is 27.2. The Bertz CT molecular complexity index is 2140. The van der Waals surface area contributed by atoms with Gasteiger partial charge in [0.15, 0.2) is 17.5 Å². The Morgan fingerprint density at radius 1 is 0.390 bits per heavy atom. The topological polar surface area (TPSA) is 43.6 Å². The van der Waals surface area contributed by atoms with Crippen LogP contribution in [0.1, 0.15) is 0 Å². The Hall–Kier alpha value is -5.61. The molecular weight excluding hydrogens is 500 g/mol. The number of nitrogens with zero attached hydrogens (tertiary/aromatic N) is 4. The molecule has 0 aliphatic heterocycles. The summed E-state index contributed by atoms with van der Waals surface area (Å²) in [5.41, 5.74) is 6.25. The monoisotopic (exact) mass is 524 g/mol. The lowest BCUT2D eigenvalue weighted by molar-refractivity contribution is 1.07. The zero-order valence-corrected chi connectivity index (χ0v) is 22.1. The molecule has 0 aliphatic carbocycles. The quantitative estimate of drug-likeness (QED) is 0.231. The molecule has 8 rings (SSSR count). The van der Waals surface area contributed by atoms with E-state index in [1.54, 1.807) is 0 Å². The van der Waals surface area contributed by atoms with Gasteiger partial charge in [-0.25, -0.2) is 15.0 Å². The van der Waals surface area contributed by atoms with Gasteiger partial charge in [0.1, 0.15) is 0 Å². The molecular formula is C37H24N4. The smallest absolute Gasteiger partial charge is 0.164 e. The number of hydrogen-bond acceptors (Lipinski definition) is 3. The van der Waals surface area contributed by atoms with Gasteiger partial charge in [-0.2, -0.15) is 0 Å². The van der Waals surface area contributed by atoms with Crippen molar-refractivity contribution in [3.8, 4) is 39.9 Å². The lowest BCUT2D eigenvalue weighted by Gasteiger charge is -2.11. The predicted molar refractivity (Wildman–Crippen MR) is 168 cm³/mol. The molecule has 0 aliphatic rings. The molecule has 0 bridgehead atoms. The van der Waals surface area contributed by atoms with Gasteiger partial charge in [0.05, 0.1) is 11.0 Å². The van der Waals surface area contributed by atoms with Gasteiger partial charge in [-0.15, -0.1) is 0 Å². The second kappa shape index (κ2) is 9.54. The SMILES string of the molecule is c1ccc(-c2nc(-c3ccccc3)nc(-c3cccc(-n4c5ccccc5c5c6ccccc6ccc54)c3)n2)cc1. The molecule has 0 saturated heterocycles. The molecule has 0 radical (unpaired) electrons. The van der Waals surface area contributed by atoms with E-state index in [2.05, 4.69) is 89.5 Å². The average Bonchev–Trinajstić information content (AvgIpc) is 3.40. The van der Waals surface area contributed by atoms with Crippen LogP contribution >= 0.6 is 0 Å². The Morgan fingerprint density at radius 3 is 1.66 bits per heavy atom. The van der Waals surface area contributed by atoms with Gasteiger partial charge in [-0.3, -0.25) is 0 Å². The summed E-state index contributed by atoms with van der Waals surface area (Å²) in [6.07, 6.45) is 0. The third-order valence-corrected chi connectivity index (χ3v) is 7.62. The van der Waals surface area contributed by atoms with E-state index in [4.69, 9.17) is 15.0 Å². The van der Waals surface area contributed by atoms with E-state index in [1.165, 1.54) is 32.6 Å². The number of benzene rings is 6. The molecule has 2 aromatic heterocycles. The first kappa shape index (κ1) is 23.3. The molecule has 0 N–H and O–H groups in total. The summed E-state index contributed by atoms with van der Waals surface area (Å²) in [5, 5.41) is 5.00. The molecule has 4 nitrogen and oxygen atoms in total. The maximum absolute atomic E-state index is 4.96. The van der Waals surface area contributed by atoms with Crippen LogP contribution in [0.15, 0.2) is 146 Å². The summed E-state index contributed by atoms with van der Waals surface area (Å²) in [6, 6.07) is 50.3. The molecule has 0 amide bonds. The molecule has 0 saturated carbocycles. The number of hydrogen-bond donors (Lipinski definition) is 0. The number of rotatable bonds is 4. The first-order valence-electron chi connectivity index (χ1n) is 13.7. The van der Waals surface area contributed by atoms with Gasteiger partial charge in [0.25, 0.3) is 0 Å². The third-order valence-electron chi connectivity index (χ3n) is 7.62. The van der Waals surface area contributed by atoms with E-state index in [-0.39, 0.29) is 0 Å². The average molecular weight is 525 g/mol. The van der Waals surface area contributed by atoms with Crippen LogP contribution in [-0.2, 0) is 0 Å². The second-order valence-corrected chi connectivity index (χ2v) is 10.1. The van der Waals surface area contributed by atoms with Crippen LogP contribution in [-0.4, -0.2) is 19.5 Å². The second-order valence-electron chi connectivity index (χ2n) is 10.1. The van der Waals surface area contributed by atoms with E-state index in [9.17, 15) is 0 Å². The van der Waals surface area contributed by atoms with E-state index in [0.29, 0.717) is 17.5 Å². The van der Waals surface area contributed by atoms with Gasteiger partial charge in [0.2, 0.25) is 0 Å². The van der Waals surface area contributed by atoms with Crippen LogP contribution in [0, 0.1) is 0 Å². The summed E-state index contributed by atoms with van der Waals surface area (Å²) in [6.45, 7) is 0. The summed E-state index contributed by atoms with van der Waals surface area (Å²) in [4.78, 5) is 14.8. The number of para-hydroxylation sites is 1. The molecule has 41 heavy (non-hydrogen) atoms. The predicted octanol–water partition coefficient (Wildman–Crippen LogP) is 9.12. The Morgan fingerprint density at radius 2 is 0.951 bits per heavy atom. The van der Waals surface area contributed by atoms with Crippen molar-refractivity contribution in [2.75, 3.05) is 0 Å². The first-order valence-corrected chi connectivity index (χ1v) is 13.7. The van der Waals surface area contributed by atoms with Crippen LogP contribution in [0.4, 0.5) is 0 Å². The first-order chi connectivity index (χ1) is 20.3. The summed E-state index contributed by atoms with van der Waals surface area (Å²) in [7, 11) is 0. The highest BCUT2D eigenvalue weighted by Gasteiger charge is 2.16. The van der Waals surface area contributed by atoms with Gasteiger partial charge in [0, 0.05) is 33.2 Å². The highest BCUT2D eigenvalue weighted by molar-refractivity contribution is 6.21. The Labute approximate surface area is 237 Å². The van der Waals surface area contributed by atoms with E-state index in [0.717, 1.165) is 22.4 Å². The summed E-state index contributed by atoms with van der Waals surface area (Å²) in [5.74, 6) is 1.96. The van der Waals surface area contributed by atoms with Crippen molar-refractivity contribution >= 4 is 32.6 Å². The van der Waals surface area contributed by atoms with Crippen LogP contribution in [0.25, 0.3) is 72.4 Å². The van der Waals surface area contributed by atoms with Crippen LogP contribution in [0.3, 0.4) is 0 Å². The fourth-order valence-electron chi connectivity index (χ4n) is 5.74. The maximum Gasteiger partial charge on any atom is 0.164 e. The largest absolute Gasteiger partial charge is 0.309 e. The highest BCUT2D eigenvalue weighted by atomic mass is 15.0. The lowest BCUT2D eigenvalue weighted by atomic mass is 10.0. The minimum absolute atomic E-state index is 0.644. The molecule has 8 aromatic rings. The maximum atomic E-state index is 4.96. The molecule has 6 aromatic carbocycles. The molecule has 4 heteroatoms. The van der Waals surface area contributed by atoms with Crippen molar-refractivity contribution in [1.29, 1.82) is 0 Å². The van der Waals surface area contributed by atoms with Crippen LogP contribution < -0.4 is 0 Å². The molecule has 0 fully saturated rings. The molecule has 0 spiro atoms. The normalized spacial score (nSPS) is 11.4. The van der Waals surface area contributed by atoms with Crippen LogP contribution in [0.2, 0.25) is 0 Å². The van der Waals surface area contributed by atoms with Gasteiger partial charge < -0.3 is 4.57 Å².